The molecule has 0 aliphatic heterocycles. The van der Waals surface area contributed by atoms with Crippen LogP contribution in [0.1, 0.15) is 22.7 Å². The van der Waals surface area contributed by atoms with Crippen molar-refractivity contribution < 1.29 is 0 Å². The molecule has 1 heterocycles. The summed E-state index contributed by atoms with van der Waals surface area (Å²) < 4.78 is 3.60. The van der Waals surface area contributed by atoms with E-state index in [-0.39, 0.29) is 6.04 Å². The van der Waals surface area contributed by atoms with Gasteiger partial charge in [0.2, 0.25) is 0 Å². The van der Waals surface area contributed by atoms with E-state index < -0.39 is 0 Å². The van der Waals surface area contributed by atoms with Crippen molar-refractivity contribution in [1.82, 2.24) is 5.32 Å². The van der Waals surface area contributed by atoms with Crippen molar-refractivity contribution >= 4 is 53.3 Å². The fourth-order valence-electron chi connectivity index (χ4n) is 2.71. The number of fused-ring (bicyclic) bond motifs is 1. The molecule has 1 aromatic heterocycles. The lowest BCUT2D eigenvalue weighted by atomic mass is 9.95. The molecule has 1 nitrogen and oxygen atoms in total. The summed E-state index contributed by atoms with van der Waals surface area (Å²) in [5, 5.41) is 7.05. The van der Waals surface area contributed by atoms with Crippen LogP contribution in [0.15, 0.2) is 50.7 Å². The van der Waals surface area contributed by atoms with Gasteiger partial charge in [0.05, 0.1) is 6.04 Å². The van der Waals surface area contributed by atoms with Crippen LogP contribution in [0.4, 0.5) is 0 Å². The number of benzene rings is 2. The maximum Gasteiger partial charge on any atom is 0.0591 e. The van der Waals surface area contributed by atoms with Gasteiger partial charge in [-0.1, -0.05) is 34.1 Å². The van der Waals surface area contributed by atoms with Crippen LogP contribution in [0.5, 0.6) is 0 Å². The van der Waals surface area contributed by atoms with Crippen LogP contribution in [-0.2, 0) is 0 Å². The fourth-order valence-corrected chi connectivity index (χ4v) is 4.83. The zero-order valence-corrected chi connectivity index (χ0v) is 15.8. The number of hydrogen-bond acceptors (Lipinski definition) is 2. The van der Waals surface area contributed by atoms with E-state index in [1.165, 1.54) is 31.2 Å². The van der Waals surface area contributed by atoms with Crippen molar-refractivity contribution in [2.24, 2.45) is 0 Å². The van der Waals surface area contributed by atoms with E-state index in [0.717, 1.165) is 4.47 Å². The molecule has 1 atom stereocenters. The summed E-state index contributed by atoms with van der Waals surface area (Å²) in [5.41, 5.74) is 3.95. The molecule has 0 fully saturated rings. The second-order valence-electron chi connectivity index (χ2n) is 5.03. The maximum absolute atomic E-state index is 3.65. The molecule has 4 heteroatoms. The first kappa shape index (κ1) is 15.2. The molecule has 0 spiro atoms. The fraction of sp³-hybridized carbons (Fsp3) is 0.176. The van der Waals surface area contributed by atoms with Gasteiger partial charge in [-0.25, -0.2) is 0 Å². The van der Waals surface area contributed by atoms with Crippen LogP contribution in [0, 0.1) is 6.92 Å². The molecule has 1 unspecified atom stereocenters. The minimum absolute atomic E-state index is 0.209. The van der Waals surface area contributed by atoms with Gasteiger partial charge >= 0.3 is 0 Å². The Balaban J connectivity index is 2.16. The highest BCUT2D eigenvalue weighted by molar-refractivity contribution is 9.11. The van der Waals surface area contributed by atoms with Crippen molar-refractivity contribution in [3.63, 3.8) is 0 Å². The molecule has 0 saturated heterocycles. The Bertz CT molecular complexity index is 795. The Morgan fingerprint density at radius 3 is 2.62 bits per heavy atom. The number of rotatable bonds is 3. The van der Waals surface area contributed by atoms with Gasteiger partial charge in [-0.3, -0.25) is 0 Å². The standard InChI is InChI=1S/C17H15Br2NS/c1-10-8-11(18)6-7-12(10)16(20-2)14-9-21-17-13(14)4-3-5-15(17)19/h3-9,16,20H,1-2H3. The number of aryl methyl sites for hydroxylation is 1. The highest BCUT2D eigenvalue weighted by Crippen LogP contribution is 2.38. The summed E-state index contributed by atoms with van der Waals surface area (Å²) in [6.07, 6.45) is 0. The van der Waals surface area contributed by atoms with Crippen molar-refractivity contribution in [2.75, 3.05) is 7.05 Å². The summed E-state index contributed by atoms with van der Waals surface area (Å²) >= 11 is 8.98. The van der Waals surface area contributed by atoms with E-state index in [0.29, 0.717) is 0 Å². The zero-order chi connectivity index (χ0) is 15.0. The molecule has 0 aliphatic carbocycles. The summed E-state index contributed by atoms with van der Waals surface area (Å²) in [6, 6.07) is 13.1. The molecule has 0 amide bonds. The first-order valence-corrected chi connectivity index (χ1v) is 9.17. The molecule has 0 saturated carbocycles. The third-order valence-corrected chi connectivity index (χ3v) is 6.19. The van der Waals surface area contributed by atoms with Crippen LogP contribution in [0.25, 0.3) is 10.1 Å². The van der Waals surface area contributed by atoms with Crippen LogP contribution in [0.2, 0.25) is 0 Å². The largest absolute Gasteiger partial charge is 0.309 e. The monoisotopic (exact) mass is 423 g/mol. The third kappa shape index (κ3) is 2.82. The lowest BCUT2D eigenvalue weighted by Crippen LogP contribution is -2.18. The Morgan fingerprint density at radius 2 is 1.90 bits per heavy atom. The summed E-state index contributed by atoms with van der Waals surface area (Å²) in [7, 11) is 2.02. The maximum atomic E-state index is 3.65. The second-order valence-corrected chi connectivity index (χ2v) is 7.68. The molecular weight excluding hydrogens is 410 g/mol. The van der Waals surface area contributed by atoms with Gasteiger partial charge in [-0.2, -0.15) is 0 Å². The van der Waals surface area contributed by atoms with Crippen LogP contribution in [0.3, 0.4) is 0 Å². The quantitative estimate of drug-likeness (QED) is 0.540. The van der Waals surface area contributed by atoms with Crippen molar-refractivity contribution in [3.8, 4) is 0 Å². The first-order chi connectivity index (χ1) is 10.1. The average Bonchev–Trinajstić information content (AvgIpc) is 2.87. The highest BCUT2D eigenvalue weighted by Gasteiger charge is 2.18. The lowest BCUT2D eigenvalue weighted by Gasteiger charge is -2.19. The molecule has 3 rings (SSSR count). The van der Waals surface area contributed by atoms with Gasteiger partial charge in [0.1, 0.15) is 0 Å². The highest BCUT2D eigenvalue weighted by atomic mass is 79.9. The van der Waals surface area contributed by atoms with E-state index in [9.17, 15) is 0 Å². The van der Waals surface area contributed by atoms with E-state index >= 15 is 0 Å². The van der Waals surface area contributed by atoms with Gasteiger partial charge in [0, 0.05) is 13.6 Å². The number of hydrogen-bond donors (Lipinski definition) is 1. The predicted molar refractivity (Wildman–Crippen MR) is 99.3 cm³/mol. The van der Waals surface area contributed by atoms with E-state index in [1.807, 2.05) is 7.05 Å². The molecule has 2 aromatic carbocycles. The molecule has 0 bridgehead atoms. The molecule has 0 radical (unpaired) electrons. The Morgan fingerprint density at radius 1 is 1.10 bits per heavy atom. The number of halogens is 2. The average molecular weight is 425 g/mol. The summed E-state index contributed by atoms with van der Waals surface area (Å²) in [5.74, 6) is 0. The van der Waals surface area contributed by atoms with E-state index in [4.69, 9.17) is 0 Å². The number of nitrogens with one attached hydrogen (secondary N) is 1. The predicted octanol–water partition coefficient (Wildman–Crippen LogP) is 6.04. The Hall–Kier alpha value is -0.680. The Kier molecular flexibility index (Phi) is 4.50. The van der Waals surface area contributed by atoms with Crippen molar-refractivity contribution in [3.05, 3.63) is 67.4 Å². The topological polar surface area (TPSA) is 12.0 Å². The minimum atomic E-state index is 0.209. The minimum Gasteiger partial charge on any atom is -0.309 e. The van der Waals surface area contributed by atoms with Crippen molar-refractivity contribution in [2.45, 2.75) is 13.0 Å². The zero-order valence-electron chi connectivity index (χ0n) is 11.8. The molecular formula is C17H15Br2NS. The Labute approximate surface area is 145 Å². The van der Waals surface area contributed by atoms with E-state index in [1.54, 1.807) is 11.3 Å². The van der Waals surface area contributed by atoms with E-state index in [2.05, 4.69) is 85.9 Å². The van der Waals surface area contributed by atoms with Crippen LogP contribution >= 0.6 is 43.2 Å². The second kappa shape index (κ2) is 6.21. The lowest BCUT2D eigenvalue weighted by molar-refractivity contribution is 0.694. The van der Waals surface area contributed by atoms with Gasteiger partial charge in [-0.05, 0) is 75.6 Å². The molecule has 21 heavy (non-hydrogen) atoms. The molecule has 108 valence electrons. The van der Waals surface area contributed by atoms with Crippen LogP contribution < -0.4 is 5.32 Å². The molecule has 1 N–H and O–H groups in total. The van der Waals surface area contributed by atoms with Gasteiger partial charge < -0.3 is 5.32 Å². The summed E-state index contributed by atoms with van der Waals surface area (Å²) in [6.45, 7) is 2.16. The summed E-state index contributed by atoms with van der Waals surface area (Å²) in [4.78, 5) is 0. The molecule has 3 aromatic rings. The number of thiophene rings is 1. The van der Waals surface area contributed by atoms with Gasteiger partial charge in [-0.15, -0.1) is 11.3 Å². The smallest absolute Gasteiger partial charge is 0.0591 e. The van der Waals surface area contributed by atoms with Crippen LogP contribution in [-0.4, -0.2) is 7.05 Å². The SMILES string of the molecule is CNC(c1ccc(Br)cc1C)c1csc2c(Br)cccc12. The first-order valence-electron chi connectivity index (χ1n) is 6.70. The van der Waals surface area contributed by atoms with Crippen molar-refractivity contribution in [1.29, 1.82) is 0 Å². The van der Waals surface area contributed by atoms with Gasteiger partial charge in [0.15, 0.2) is 0 Å². The molecule has 0 aliphatic rings. The third-order valence-electron chi connectivity index (χ3n) is 3.72. The normalized spacial score (nSPS) is 12.8. The van der Waals surface area contributed by atoms with Gasteiger partial charge in [0.25, 0.3) is 0 Å².